The molecule has 1 aliphatic carbocycles. The average molecular weight is 297 g/mol. The van der Waals surface area contributed by atoms with Crippen LogP contribution in [0.4, 0.5) is 0 Å². The Labute approximate surface area is 134 Å². The molecule has 1 aliphatic heterocycles. The molecule has 0 aromatic heterocycles. The quantitative estimate of drug-likeness (QED) is 0.782. The Morgan fingerprint density at radius 2 is 2.00 bits per heavy atom. The Kier molecular flexibility index (Phi) is 3.66. The van der Waals surface area contributed by atoms with Gasteiger partial charge in [0.25, 0.3) is 0 Å². The minimum absolute atomic E-state index is 0.117. The lowest BCUT2D eigenvalue weighted by molar-refractivity contribution is 0.231. The van der Waals surface area contributed by atoms with Gasteiger partial charge in [-0.05, 0) is 43.7 Å². The average Bonchev–Trinajstić information content (AvgIpc) is 2.88. The second-order valence-corrected chi connectivity index (χ2v) is 7.58. The third-order valence-electron chi connectivity index (χ3n) is 5.34. The second kappa shape index (κ2) is 5.26. The highest BCUT2D eigenvalue weighted by Gasteiger charge is 2.48. The van der Waals surface area contributed by atoms with Crippen LogP contribution in [-0.4, -0.2) is 18.0 Å². The topological polar surface area (TPSA) is 21.6 Å². The fraction of sp³-hybridized carbons (Fsp3) is 0.550. The van der Waals surface area contributed by atoms with Gasteiger partial charge < -0.3 is 4.74 Å². The number of allylic oxidation sites excluding steroid dienone is 1. The first kappa shape index (κ1) is 15.3. The lowest BCUT2D eigenvalue weighted by Crippen LogP contribution is -2.44. The molecule has 2 heteroatoms. The summed E-state index contributed by atoms with van der Waals surface area (Å²) in [5.41, 5.74) is 2.35. The van der Waals surface area contributed by atoms with Crippen molar-refractivity contribution in [2.24, 2.45) is 16.8 Å². The van der Waals surface area contributed by atoms with E-state index < -0.39 is 0 Å². The van der Waals surface area contributed by atoms with Crippen LogP contribution in [0.1, 0.15) is 52.2 Å². The van der Waals surface area contributed by atoms with E-state index in [1.165, 1.54) is 11.1 Å². The summed E-state index contributed by atoms with van der Waals surface area (Å²) in [6, 6.07) is 8.67. The third-order valence-corrected chi connectivity index (χ3v) is 5.34. The van der Waals surface area contributed by atoms with Crippen molar-refractivity contribution < 1.29 is 4.74 Å². The molecular formula is C20H27NO. The molecule has 2 aliphatic rings. The van der Waals surface area contributed by atoms with Crippen LogP contribution < -0.4 is 0 Å². The molecule has 1 aromatic rings. The van der Waals surface area contributed by atoms with Crippen LogP contribution in [0.2, 0.25) is 0 Å². The van der Waals surface area contributed by atoms with Crippen LogP contribution in [0.25, 0.3) is 6.08 Å². The van der Waals surface area contributed by atoms with Gasteiger partial charge in [-0.25, -0.2) is 4.99 Å². The van der Waals surface area contributed by atoms with Gasteiger partial charge in [-0.1, -0.05) is 56.7 Å². The number of aliphatic imine (C=N–C) groups is 1. The monoisotopic (exact) mass is 297 g/mol. The normalized spacial score (nSPS) is 30.4. The summed E-state index contributed by atoms with van der Waals surface area (Å²) < 4.78 is 6.11. The van der Waals surface area contributed by atoms with Crippen molar-refractivity contribution in [3.63, 3.8) is 0 Å². The van der Waals surface area contributed by atoms with Gasteiger partial charge in [0.1, 0.15) is 6.61 Å². The summed E-state index contributed by atoms with van der Waals surface area (Å²) >= 11 is 0. The van der Waals surface area contributed by atoms with Gasteiger partial charge in [0.2, 0.25) is 0 Å². The summed E-state index contributed by atoms with van der Waals surface area (Å²) in [6.07, 6.45) is 5.80. The van der Waals surface area contributed by atoms with Crippen LogP contribution >= 0.6 is 0 Å². The fourth-order valence-electron chi connectivity index (χ4n) is 3.82. The molecule has 118 valence electrons. The lowest BCUT2D eigenvalue weighted by Gasteiger charge is -2.42. The summed E-state index contributed by atoms with van der Waals surface area (Å²) in [5.74, 6) is 1.92. The summed E-state index contributed by atoms with van der Waals surface area (Å²) in [7, 11) is 0. The molecule has 0 radical (unpaired) electrons. The number of fused-ring (bicyclic) bond motifs is 1. The zero-order chi connectivity index (χ0) is 16.0. The Morgan fingerprint density at radius 1 is 1.27 bits per heavy atom. The highest BCUT2D eigenvalue weighted by molar-refractivity contribution is 5.92. The SMILES string of the molecule is CCC(C)[C@H]1C=Cc2ccccc2[C@@]1(C)C1=NC(C)(C)CO1. The van der Waals surface area contributed by atoms with E-state index in [0.29, 0.717) is 18.4 Å². The minimum atomic E-state index is -0.172. The minimum Gasteiger partial charge on any atom is -0.478 e. The van der Waals surface area contributed by atoms with E-state index in [9.17, 15) is 0 Å². The van der Waals surface area contributed by atoms with Crippen LogP contribution in [0.3, 0.4) is 0 Å². The molecule has 0 amide bonds. The van der Waals surface area contributed by atoms with Gasteiger partial charge in [-0.2, -0.15) is 0 Å². The van der Waals surface area contributed by atoms with Crippen LogP contribution in [0, 0.1) is 11.8 Å². The fourth-order valence-corrected chi connectivity index (χ4v) is 3.82. The van der Waals surface area contributed by atoms with Gasteiger partial charge in [0, 0.05) is 0 Å². The predicted molar refractivity (Wildman–Crippen MR) is 93.2 cm³/mol. The molecule has 0 fully saturated rings. The van der Waals surface area contributed by atoms with Gasteiger partial charge in [-0.3, -0.25) is 0 Å². The van der Waals surface area contributed by atoms with Gasteiger partial charge >= 0.3 is 0 Å². The maximum Gasteiger partial charge on any atom is 0.195 e. The number of hydrogen-bond donors (Lipinski definition) is 0. The zero-order valence-corrected chi connectivity index (χ0v) is 14.4. The van der Waals surface area contributed by atoms with E-state index in [0.717, 1.165) is 12.3 Å². The third kappa shape index (κ3) is 2.29. The summed E-state index contributed by atoms with van der Waals surface area (Å²) in [6.45, 7) is 11.9. The molecule has 0 bridgehead atoms. The number of nitrogens with zero attached hydrogens (tertiary/aromatic N) is 1. The van der Waals surface area contributed by atoms with Crippen LogP contribution in [0.5, 0.6) is 0 Å². The molecule has 3 atom stereocenters. The number of rotatable bonds is 3. The first-order valence-electron chi connectivity index (χ1n) is 8.39. The number of hydrogen-bond acceptors (Lipinski definition) is 2. The first-order valence-corrected chi connectivity index (χ1v) is 8.39. The van der Waals surface area contributed by atoms with E-state index in [-0.39, 0.29) is 11.0 Å². The standard InChI is InChI=1S/C20H27NO/c1-6-14(2)16-12-11-15-9-7-8-10-17(15)20(16,5)18-21-19(3,4)13-22-18/h7-12,14,16H,6,13H2,1-5H3/t14?,16-,20+/m1/s1. The molecule has 0 saturated carbocycles. The van der Waals surface area contributed by atoms with E-state index >= 15 is 0 Å². The lowest BCUT2D eigenvalue weighted by atomic mass is 9.62. The van der Waals surface area contributed by atoms with Crippen molar-refractivity contribution in [1.82, 2.24) is 0 Å². The van der Waals surface area contributed by atoms with E-state index in [4.69, 9.17) is 9.73 Å². The summed E-state index contributed by atoms with van der Waals surface area (Å²) in [5, 5.41) is 0. The van der Waals surface area contributed by atoms with Crippen molar-refractivity contribution in [2.45, 2.75) is 52.0 Å². The van der Waals surface area contributed by atoms with Crippen molar-refractivity contribution >= 4 is 12.0 Å². The summed E-state index contributed by atoms with van der Waals surface area (Å²) in [4.78, 5) is 4.94. The Hall–Kier alpha value is -1.57. The van der Waals surface area contributed by atoms with Gasteiger partial charge in [0.05, 0.1) is 11.0 Å². The predicted octanol–water partition coefficient (Wildman–Crippen LogP) is 4.84. The maximum absolute atomic E-state index is 6.11. The zero-order valence-electron chi connectivity index (χ0n) is 14.4. The largest absolute Gasteiger partial charge is 0.478 e. The van der Waals surface area contributed by atoms with E-state index in [2.05, 4.69) is 71.0 Å². The van der Waals surface area contributed by atoms with E-state index in [1.54, 1.807) is 0 Å². The molecule has 2 nitrogen and oxygen atoms in total. The van der Waals surface area contributed by atoms with Crippen molar-refractivity contribution in [3.05, 3.63) is 41.5 Å². The van der Waals surface area contributed by atoms with Crippen LogP contribution in [-0.2, 0) is 10.2 Å². The first-order chi connectivity index (χ1) is 10.4. The Balaban J connectivity index is 2.16. The second-order valence-electron chi connectivity index (χ2n) is 7.58. The Morgan fingerprint density at radius 3 is 2.64 bits per heavy atom. The molecule has 22 heavy (non-hydrogen) atoms. The maximum atomic E-state index is 6.11. The van der Waals surface area contributed by atoms with Crippen molar-refractivity contribution in [1.29, 1.82) is 0 Å². The van der Waals surface area contributed by atoms with Gasteiger partial charge in [-0.15, -0.1) is 0 Å². The molecule has 3 rings (SSSR count). The number of ether oxygens (including phenoxy) is 1. The molecule has 0 saturated heterocycles. The molecule has 0 spiro atoms. The van der Waals surface area contributed by atoms with E-state index in [1.807, 2.05) is 0 Å². The molecular weight excluding hydrogens is 270 g/mol. The van der Waals surface area contributed by atoms with Crippen molar-refractivity contribution in [3.8, 4) is 0 Å². The smallest absolute Gasteiger partial charge is 0.195 e. The van der Waals surface area contributed by atoms with Crippen LogP contribution in [0.15, 0.2) is 35.3 Å². The molecule has 1 aromatic carbocycles. The highest BCUT2D eigenvalue weighted by atomic mass is 16.5. The Bertz CT molecular complexity index is 628. The number of benzene rings is 1. The molecule has 0 N–H and O–H groups in total. The van der Waals surface area contributed by atoms with Crippen molar-refractivity contribution in [2.75, 3.05) is 6.61 Å². The molecule has 1 heterocycles. The molecule has 1 unspecified atom stereocenters. The highest BCUT2D eigenvalue weighted by Crippen LogP contribution is 2.46. The van der Waals surface area contributed by atoms with Gasteiger partial charge in [0.15, 0.2) is 5.90 Å².